The van der Waals surface area contributed by atoms with Crippen LogP contribution in [-0.2, 0) is 4.79 Å². The topological polar surface area (TPSA) is 71.5 Å². The first kappa shape index (κ1) is 22.7. The van der Waals surface area contributed by atoms with Crippen LogP contribution in [0.1, 0.15) is 43.6 Å². The van der Waals surface area contributed by atoms with E-state index in [2.05, 4.69) is 17.0 Å². The van der Waals surface area contributed by atoms with Gasteiger partial charge in [0.1, 0.15) is 12.4 Å². The Morgan fingerprint density at radius 1 is 1.00 bits per heavy atom. The standard InChI is InChI=1S/C28H34N2O5/c1-33-26-16-22(8-11-24(26)34-15-14-29-17-28(32,18-29)21-6-7-21)30-13-12-25(27(30)31)35-23-9-4-20(5-10-23)19-2-3-19/h4-5,8-11,16,19,21,25,32H,2-3,6-7,12-15,17-18H2,1H3. The first-order chi connectivity index (χ1) is 17.0. The molecule has 7 nitrogen and oxygen atoms in total. The number of hydrogen-bond acceptors (Lipinski definition) is 6. The predicted molar refractivity (Wildman–Crippen MR) is 132 cm³/mol. The van der Waals surface area contributed by atoms with E-state index in [1.165, 1.54) is 18.4 Å². The molecule has 0 bridgehead atoms. The monoisotopic (exact) mass is 478 g/mol. The van der Waals surface area contributed by atoms with E-state index in [1.807, 2.05) is 30.3 Å². The molecule has 2 heterocycles. The Morgan fingerprint density at radius 2 is 1.77 bits per heavy atom. The molecule has 0 radical (unpaired) electrons. The molecule has 35 heavy (non-hydrogen) atoms. The van der Waals surface area contributed by atoms with Crippen LogP contribution in [0, 0.1) is 5.92 Å². The molecule has 4 fully saturated rings. The minimum absolute atomic E-state index is 0.0343. The molecule has 6 rings (SSSR count). The van der Waals surface area contributed by atoms with Crippen molar-refractivity contribution in [3.8, 4) is 17.2 Å². The molecule has 1 amide bonds. The van der Waals surface area contributed by atoms with Crippen molar-refractivity contribution < 1.29 is 24.1 Å². The Balaban J connectivity index is 1.03. The third-order valence-electron chi connectivity index (χ3n) is 7.82. The molecule has 2 aromatic rings. The highest BCUT2D eigenvalue weighted by atomic mass is 16.5. The van der Waals surface area contributed by atoms with E-state index < -0.39 is 11.7 Å². The molecule has 2 aromatic carbocycles. The molecule has 186 valence electrons. The van der Waals surface area contributed by atoms with Crippen LogP contribution in [0.15, 0.2) is 42.5 Å². The number of benzene rings is 2. The molecule has 0 aromatic heterocycles. The first-order valence-electron chi connectivity index (χ1n) is 12.9. The molecule has 2 saturated carbocycles. The highest BCUT2D eigenvalue weighted by molar-refractivity contribution is 5.99. The number of carbonyl (C=O) groups is 1. The molecule has 2 aliphatic heterocycles. The summed E-state index contributed by atoms with van der Waals surface area (Å²) in [6, 6.07) is 13.8. The third-order valence-corrected chi connectivity index (χ3v) is 7.82. The third kappa shape index (κ3) is 4.71. The smallest absolute Gasteiger partial charge is 0.268 e. The second kappa shape index (κ2) is 9.03. The number of hydrogen-bond donors (Lipinski definition) is 1. The SMILES string of the molecule is COc1cc(N2CCC(Oc3ccc(C4CC4)cc3)C2=O)ccc1OCCN1CC(O)(C2CC2)C1. The van der Waals surface area contributed by atoms with Gasteiger partial charge in [-0.2, -0.15) is 0 Å². The van der Waals surface area contributed by atoms with Crippen molar-refractivity contribution in [3.63, 3.8) is 0 Å². The minimum atomic E-state index is -0.477. The number of carbonyl (C=O) groups excluding carboxylic acids is 1. The lowest BCUT2D eigenvalue weighted by Crippen LogP contribution is -2.63. The van der Waals surface area contributed by atoms with Crippen LogP contribution < -0.4 is 19.1 Å². The van der Waals surface area contributed by atoms with E-state index in [0.717, 1.165) is 43.9 Å². The second-order valence-corrected chi connectivity index (χ2v) is 10.5. The van der Waals surface area contributed by atoms with Crippen molar-refractivity contribution >= 4 is 11.6 Å². The van der Waals surface area contributed by atoms with Gasteiger partial charge in [-0.05, 0) is 67.3 Å². The number of amides is 1. The van der Waals surface area contributed by atoms with E-state index in [9.17, 15) is 9.90 Å². The summed E-state index contributed by atoms with van der Waals surface area (Å²) >= 11 is 0. The van der Waals surface area contributed by atoms with Crippen molar-refractivity contribution in [1.82, 2.24) is 4.90 Å². The largest absolute Gasteiger partial charge is 0.493 e. The van der Waals surface area contributed by atoms with E-state index in [1.54, 1.807) is 12.0 Å². The summed E-state index contributed by atoms with van der Waals surface area (Å²) in [5, 5.41) is 10.5. The number of likely N-dealkylation sites (tertiary alicyclic amines) is 1. The quantitative estimate of drug-likeness (QED) is 0.563. The van der Waals surface area contributed by atoms with Gasteiger partial charge in [-0.25, -0.2) is 0 Å². The van der Waals surface area contributed by atoms with Crippen LogP contribution >= 0.6 is 0 Å². The fraction of sp³-hybridized carbons (Fsp3) is 0.536. The normalized spacial score (nSPS) is 23.8. The second-order valence-electron chi connectivity index (χ2n) is 10.5. The summed E-state index contributed by atoms with van der Waals surface area (Å²) in [4.78, 5) is 17.1. The maximum Gasteiger partial charge on any atom is 0.268 e. The average Bonchev–Trinajstić information content (AvgIpc) is 3.77. The lowest BCUT2D eigenvalue weighted by molar-refractivity contribution is -0.122. The van der Waals surface area contributed by atoms with Crippen LogP contribution in [-0.4, -0.2) is 67.5 Å². The van der Waals surface area contributed by atoms with Crippen molar-refractivity contribution in [2.24, 2.45) is 5.92 Å². The summed E-state index contributed by atoms with van der Waals surface area (Å²) in [6.07, 6.45) is 5.02. The maximum absolute atomic E-state index is 13.1. The highest BCUT2D eigenvalue weighted by Crippen LogP contribution is 2.44. The van der Waals surface area contributed by atoms with Gasteiger partial charge >= 0.3 is 0 Å². The molecule has 2 aliphatic carbocycles. The van der Waals surface area contributed by atoms with E-state index in [4.69, 9.17) is 14.2 Å². The molecule has 1 unspecified atom stereocenters. The van der Waals surface area contributed by atoms with Crippen molar-refractivity contribution in [2.75, 3.05) is 44.8 Å². The number of ether oxygens (including phenoxy) is 3. The average molecular weight is 479 g/mol. The molecule has 1 N–H and O–H groups in total. The van der Waals surface area contributed by atoms with Crippen LogP contribution in [0.4, 0.5) is 5.69 Å². The molecule has 0 spiro atoms. The summed E-state index contributed by atoms with van der Waals surface area (Å²) in [5.74, 6) is 3.18. The van der Waals surface area contributed by atoms with Crippen molar-refractivity contribution in [1.29, 1.82) is 0 Å². The Hall–Kier alpha value is -2.77. The van der Waals surface area contributed by atoms with Gasteiger partial charge in [0.2, 0.25) is 0 Å². The van der Waals surface area contributed by atoms with Crippen LogP contribution in [0.3, 0.4) is 0 Å². The van der Waals surface area contributed by atoms with Gasteiger partial charge in [-0.1, -0.05) is 12.1 Å². The summed E-state index contributed by atoms with van der Waals surface area (Å²) in [5.41, 5.74) is 1.67. The summed E-state index contributed by atoms with van der Waals surface area (Å²) in [6.45, 7) is 3.37. The Kier molecular flexibility index (Phi) is 5.85. The predicted octanol–water partition coefficient (Wildman–Crippen LogP) is 3.59. The Bertz CT molecular complexity index is 1070. The van der Waals surface area contributed by atoms with Crippen molar-refractivity contribution in [2.45, 2.75) is 49.7 Å². The first-order valence-corrected chi connectivity index (χ1v) is 12.9. The molecular weight excluding hydrogens is 444 g/mol. The summed E-state index contributed by atoms with van der Waals surface area (Å²) in [7, 11) is 1.61. The zero-order valence-electron chi connectivity index (χ0n) is 20.3. The molecule has 1 atom stereocenters. The van der Waals surface area contributed by atoms with Crippen LogP contribution in [0.2, 0.25) is 0 Å². The fourth-order valence-corrected chi connectivity index (χ4v) is 5.41. The van der Waals surface area contributed by atoms with Gasteiger partial charge < -0.3 is 24.2 Å². The molecule has 2 saturated heterocycles. The highest BCUT2D eigenvalue weighted by Gasteiger charge is 2.51. The zero-order chi connectivity index (χ0) is 24.0. The lowest BCUT2D eigenvalue weighted by atomic mass is 9.89. The Labute approximate surface area is 206 Å². The number of anilines is 1. The van der Waals surface area contributed by atoms with Gasteiger partial charge in [0.15, 0.2) is 17.6 Å². The fourth-order valence-electron chi connectivity index (χ4n) is 5.41. The number of nitrogens with zero attached hydrogens (tertiary/aromatic N) is 2. The molecule has 4 aliphatic rings. The zero-order valence-corrected chi connectivity index (χ0v) is 20.3. The van der Waals surface area contributed by atoms with Crippen LogP contribution in [0.5, 0.6) is 17.2 Å². The van der Waals surface area contributed by atoms with Gasteiger partial charge in [0.25, 0.3) is 5.91 Å². The molecular formula is C28H34N2O5. The summed E-state index contributed by atoms with van der Waals surface area (Å²) < 4.78 is 17.6. The van der Waals surface area contributed by atoms with E-state index in [-0.39, 0.29) is 5.91 Å². The Morgan fingerprint density at radius 3 is 2.46 bits per heavy atom. The van der Waals surface area contributed by atoms with Gasteiger partial charge in [0, 0.05) is 44.4 Å². The lowest BCUT2D eigenvalue weighted by Gasteiger charge is -2.47. The van der Waals surface area contributed by atoms with Gasteiger partial charge in [-0.3, -0.25) is 9.69 Å². The number of aliphatic hydroxyl groups is 1. The van der Waals surface area contributed by atoms with Crippen LogP contribution in [0.25, 0.3) is 0 Å². The van der Waals surface area contributed by atoms with Gasteiger partial charge in [0.05, 0.1) is 12.7 Å². The minimum Gasteiger partial charge on any atom is -0.493 e. The van der Waals surface area contributed by atoms with Crippen molar-refractivity contribution in [3.05, 3.63) is 48.0 Å². The number of β-amino-alcohol motifs (C(OH)–C–C–N with tert-alkyl or cyclic N) is 1. The maximum atomic E-state index is 13.1. The van der Waals surface area contributed by atoms with E-state index >= 15 is 0 Å². The number of methoxy groups -OCH3 is 1. The number of rotatable bonds is 10. The molecule has 7 heteroatoms. The van der Waals surface area contributed by atoms with E-state index in [0.29, 0.717) is 42.9 Å². The van der Waals surface area contributed by atoms with Gasteiger partial charge in [-0.15, -0.1) is 0 Å².